The summed E-state index contributed by atoms with van der Waals surface area (Å²) in [5.74, 6) is -0.315. The van der Waals surface area contributed by atoms with Crippen molar-refractivity contribution < 1.29 is 4.79 Å². The molecule has 0 saturated carbocycles. The highest BCUT2D eigenvalue weighted by Gasteiger charge is 2.10. The Balaban J connectivity index is 2.12. The Labute approximate surface area is 122 Å². The SMILES string of the molecule is O=C(Cn1cnc(Cl)c(Br)c1=O)Nc1ccccc1. The Morgan fingerprint density at radius 2 is 2.05 bits per heavy atom. The number of nitrogens with one attached hydrogen (secondary N) is 1. The molecule has 2 aromatic rings. The van der Waals surface area contributed by atoms with Gasteiger partial charge in [-0.15, -0.1) is 0 Å². The van der Waals surface area contributed by atoms with Gasteiger partial charge >= 0.3 is 0 Å². The molecule has 1 heterocycles. The van der Waals surface area contributed by atoms with E-state index < -0.39 is 5.56 Å². The summed E-state index contributed by atoms with van der Waals surface area (Å²) < 4.78 is 1.32. The molecular weight excluding hydrogens is 334 g/mol. The molecule has 98 valence electrons. The van der Waals surface area contributed by atoms with E-state index >= 15 is 0 Å². The highest BCUT2D eigenvalue weighted by atomic mass is 79.9. The summed E-state index contributed by atoms with van der Waals surface area (Å²) in [4.78, 5) is 27.4. The molecular formula is C12H9BrClN3O2. The predicted molar refractivity (Wildman–Crippen MR) is 76.3 cm³/mol. The van der Waals surface area contributed by atoms with E-state index in [1.54, 1.807) is 12.1 Å². The molecule has 0 saturated heterocycles. The zero-order chi connectivity index (χ0) is 13.8. The summed E-state index contributed by atoms with van der Waals surface area (Å²) in [6.45, 7) is -0.128. The average molecular weight is 343 g/mol. The van der Waals surface area contributed by atoms with Crippen LogP contribution in [0.2, 0.25) is 5.15 Å². The minimum atomic E-state index is -0.400. The van der Waals surface area contributed by atoms with Crippen molar-refractivity contribution in [3.8, 4) is 0 Å². The molecule has 1 N–H and O–H groups in total. The molecule has 0 aliphatic carbocycles. The van der Waals surface area contributed by atoms with Crippen molar-refractivity contribution in [2.75, 3.05) is 5.32 Å². The molecule has 1 aromatic carbocycles. The number of carbonyl (C=O) groups excluding carboxylic acids is 1. The number of benzene rings is 1. The van der Waals surface area contributed by atoms with Crippen LogP contribution in [-0.4, -0.2) is 15.5 Å². The van der Waals surface area contributed by atoms with Gasteiger partial charge in [0, 0.05) is 5.69 Å². The second-order valence-electron chi connectivity index (χ2n) is 3.70. The molecule has 0 bridgehead atoms. The maximum atomic E-state index is 11.8. The standard InChI is InChI=1S/C12H9BrClN3O2/c13-10-11(14)15-7-17(12(10)19)6-9(18)16-8-4-2-1-3-5-8/h1-5,7H,6H2,(H,16,18). The molecule has 0 unspecified atom stereocenters. The Bertz CT molecular complexity index is 658. The lowest BCUT2D eigenvalue weighted by Crippen LogP contribution is -2.28. The maximum Gasteiger partial charge on any atom is 0.269 e. The first-order valence-corrected chi connectivity index (χ1v) is 6.50. The third-order valence-corrected chi connectivity index (χ3v) is 3.54. The molecule has 5 nitrogen and oxygen atoms in total. The summed E-state index contributed by atoms with van der Waals surface area (Å²) in [7, 11) is 0. The summed E-state index contributed by atoms with van der Waals surface area (Å²) in [5, 5.41) is 2.75. The van der Waals surface area contributed by atoms with Crippen molar-refractivity contribution in [3.05, 3.63) is 56.6 Å². The zero-order valence-electron chi connectivity index (χ0n) is 9.64. The first kappa shape index (κ1) is 13.8. The van der Waals surface area contributed by atoms with Crippen LogP contribution in [-0.2, 0) is 11.3 Å². The van der Waals surface area contributed by atoms with Crippen LogP contribution in [0, 0.1) is 0 Å². The fourth-order valence-corrected chi connectivity index (χ4v) is 1.89. The number of carbonyl (C=O) groups is 1. The minimum absolute atomic E-state index is 0.0738. The predicted octanol–water partition coefficient (Wildman–Crippen LogP) is 2.30. The Morgan fingerprint density at radius 3 is 2.74 bits per heavy atom. The van der Waals surface area contributed by atoms with Crippen LogP contribution >= 0.6 is 27.5 Å². The molecule has 1 aromatic heterocycles. The Kier molecular flexibility index (Phi) is 4.34. The van der Waals surface area contributed by atoms with Gasteiger partial charge in [-0.05, 0) is 28.1 Å². The lowest BCUT2D eigenvalue weighted by atomic mass is 10.3. The monoisotopic (exact) mass is 341 g/mol. The van der Waals surface area contributed by atoms with E-state index in [9.17, 15) is 9.59 Å². The summed E-state index contributed by atoms with van der Waals surface area (Å²) in [5.41, 5.74) is 0.268. The molecule has 19 heavy (non-hydrogen) atoms. The first-order chi connectivity index (χ1) is 9.08. The minimum Gasteiger partial charge on any atom is -0.325 e. The largest absolute Gasteiger partial charge is 0.325 e. The molecule has 0 spiro atoms. The molecule has 1 amide bonds. The number of halogens is 2. The van der Waals surface area contributed by atoms with Crippen LogP contribution in [0.1, 0.15) is 0 Å². The molecule has 0 aliphatic heterocycles. The summed E-state index contributed by atoms with van der Waals surface area (Å²) in [6, 6.07) is 8.98. The van der Waals surface area contributed by atoms with Gasteiger partial charge in [-0.3, -0.25) is 14.2 Å². The number of nitrogens with zero attached hydrogens (tertiary/aromatic N) is 2. The van der Waals surface area contributed by atoms with Crippen molar-refractivity contribution in [2.24, 2.45) is 0 Å². The van der Waals surface area contributed by atoms with E-state index in [0.717, 1.165) is 0 Å². The van der Waals surface area contributed by atoms with E-state index in [1.807, 2.05) is 18.2 Å². The second kappa shape index (κ2) is 5.99. The van der Waals surface area contributed by atoms with Crippen molar-refractivity contribution in [1.29, 1.82) is 0 Å². The van der Waals surface area contributed by atoms with E-state index in [1.165, 1.54) is 10.9 Å². The van der Waals surface area contributed by atoms with Crippen molar-refractivity contribution in [2.45, 2.75) is 6.54 Å². The van der Waals surface area contributed by atoms with Crippen LogP contribution in [0.25, 0.3) is 0 Å². The van der Waals surface area contributed by atoms with Gasteiger partial charge in [-0.25, -0.2) is 4.98 Å². The summed E-state index contributed by atoms with van der Waals surface area (Å²) >= 11 is 8.71. The third kappa shape index (κ3) is 3.42. The fraction of sp³-hybridized carbons (Fsp3) is 0.0833. The van der Waals surface area contributed by atoms with Crippen molar-refractivity contribution >= 4 is 39.1 Å². The lowest BCUT2D eigenvalue weighted by Gasteiger charge is -2.07. The molecule has 7 heteroatoms. The van der Waals surface area contributed by atoms with Crippen molar-refractivity contribution in [1.82, 2.24) is 9.55 Å². The molecule has 0 atom stereocenters. The van der Waals surface area contributed by atoms with Crippen molar-refractivity contribution in [3.63, 3.8) is 0 Å². The zero-order valence-corrected chi connectivity index (χ0v) is 12.0. The smallest absolute Gasteiger partial charge is 0.269 e. The van der Waals surface area contributed by atoms with Gasteiger partial charge in [-0.1, -0.05) is 29.8 Å². The number of amides is 1. The van der Waals surface area contributed by atoms with E-state index in [2.05, 4.69) is 26.2 Å². The van der Waals surface area contributed by atoms with Gasteiger partial charge in [-0.2, -0.15) is 0 Å². The molecule has 0 fully saturated rings. The number of para-hydroxylation sites is 1. The molecule has 0 radical (unpaired) electrons. The van der Waals surface area contributed by atoms with Crippen LogP contribution in [0.3, 0.4) is 0 Å². The Hall–Kier alpha value is -1.66. The van der Waals surface area contributed by atoms with Gasteiger partial charge in [0.2, 0.25) is 5.91 Å². The molecule has 0 aliphatic rings. The number of hydrogen-bond acceptors (Lipinski definition) is 3. The topological polar surface area (TPSA) is 64.0 Å². The van der Waals surface area contributed by atoms with Crippen LogP contribution in [0.5, 0.6) is 0 Å². The normalized spacial score (nSPS) is 10.2. The van der Waals surface area contributed by atoms with Gasteiger partial charge in [0.1, 0.15) is 11.0 Å². The van der Waals surface area contributed by atoms with Gasteiger partial charge in [0.25, 0.3) is 5.56 Å². The van der Waals surface area contributed by atoms with Gasteiger partial charge in [0.15, 0.2) is 5.15 Å². The van der Waals surface area contributed by atoms with E-state index in [4.69, 9.17) is 11.6 Å². The van der Waals surface area contributed by atoms with Gasteiger partial charge in [0.05, 0.1) is 6.33 Å². The highest BCUT2D eigenvalue weighted by molar-refractivity contribution is 9.10. The van der Waals surface area contributed by atoms with E-state index in [0.29, 0.717) is 5.69 Å². The first-order valence-electron chi connectivity index (χ1n) is 5.33. The third-order valence-electron chi connectivity index (χ3n) is 2.31. The van der Waals surface area contributed by atoms with E-state index in [-0.39, 0.29) is 22.1 Å². The number of hydrogen-bond donors (Lipinski definition) is 1. The lowest BCUT2D eigenvalue weighted by molar-refractivity contribution is -0.116. The average Bonchev–Trinajstić information content (AvgIpc) is 2.41. The van der Waals surface area contributed by atoms with Crippen LogP contribution < -0.4 is 10.9 Å². The fourth-order valence-electron chi connectivity index (χ4n) is 1.43. The van der Waals surface area contributed by atoms with Crippen LogP contribution in [0.4, 0.5) is 5.69 Å². The molecule has 2 rings (SSSR count). The number of anilines is 1. The number of aromatic nitrogens is 2. The van der Waals surface area contributed by atoms with Gasteiger partial charge < -0.3 is 5.32 Å². The van der Waals surface area contributed by atoms with Crippen LogP contribution in [0.15, 0.2) is 45.9 Å². The highest BCUT2D eigenvalue weighted by Crippen LogP contribution is 2.13. The second-order valence-corrected chi connectivity index (χ2v) is 4.85. The quantitative estimate of drug-likeness (QED) is 0.871. The Morgan fingerprint density at radius 1 is 1.37 bits per heavy atom. The summed E-state index contributed by atoms with van der Waals surface area (Å²) in [6.07, 6.45) is 1.24. The number of rotatable bonds is 3. The maximum absolute atomic E-state index is 11.8.